The normalized spacial score (nSPS) is 22.3. The molecule has 4 rings (SSSR count). The fourth-order valence-corrected chi connectivity index (χ4v) is 3.84. The first-order valence-electron chi connectivity index (χ1n) is 9.67. The number of nitrogens with one attached hydrogen (secondary N) is 2. The number of carbonyl (C=O) groups is 2. The predicted molar refractivity (Wildman–Crippen MR) is 105 cm³/mol. The van der Waals surface area contributed by atoms with Crippen LogP contribution in [0.15, 0.2) is 48.8 Å². The predicted octanol–water partition coefficient (Wildman–Crippen LogP) is 1.28. The van der Waals surface area contributed by atoms with Gasteiger partial charge in [-0.25, -0.2) is 10.9 Å². The molecular formula is C21H25N5O2. The number of amides is 2. The summed E-state index contributed by atoms with van der Waals surface area (Å²) in [5, 5.41) is 0. The molecule has 0 bridgehead atoms. The van der Waals surface area contributed by atoms with Gasteiger partial charge in [-0.2, -0.15) is 0 Å². The van der Waals surface area contributed by atoms with E-state index in [1.807, 2.05) is 53.1 Å². The summed E-state index contributed by atoms with van der Waals surface area (Å²) in [6.45, 7) is 4.23. The summed E-state index contributed by atoms with van der Waals surface area (Å²) < 4.78 is 0. The highest BCUT2D eigenvalue weighted by Gasteiger charge is 2.34. The third-order valence-electron chi connectivity index (χ3n) is 5.45. The van der Waals surface area contributed by atoms with Crippen molar-refractivity contribution in [3.05, 3.63) is 65.5 Å². The highest BCUT2D eigenvalue weighted by atomic mass is 16.2. The van der Waals surface area contributed by atoms with E-state index in [2.05, 4.69) is 15.8 Å². The van der Waals surface area contributed by atoms with Crippen molar-refractivity contribution in [1.82, 2.24) is 25.6 Å². The number of carbonyl (C=O) groups excluding carboxylic acids is 2. The fourth-order valence-electron chi connectivity index (χ4n) is 3.84. The SMILES string of the molecule is Cc1cccc(C(=O)N2CCN(C(=O)C3CC(c4ccncc4)NN3)CC2)c1. The number of benzene rings is 1. The molecule has 7 heteroatoms. The molecule has 0 saturated carbocycles. The van der Waals surface area contributed by atoms with Gasteiger partial charge in [0.1, 0.15) is 6.04 Å². The van der Waals surface area contributed by atoms with Gasteiger partial charge in [0, 0.05) is 50.2 Å². The van der Waals surface area contributed by atoms with E-state index in [1.54, 1.807) is 12.4 Å². The highest BCUT2D eigenvalue weighted by molar-refractivity contribution is 5.94. The number of nitrogens with zero attached hydrogens (tertiary/aromatic N) is 3. The topological polar surface area (TPSA) is 77.6 Å². The smallest absolute Gasteiger partial charge is 0.253 e. The fraction of sp³-hybridized carbons (Fsp3) is 0.381. The van der Waals surface area contributed by atoms with Crippen molar-refractivity contribution < 1.29 is 9.59 Å². The summed E-state index contributed by atoms with van der Waals surface area (Å²) >= 11 is 0. The van der Waals surface area contributed by atoms with Gasteiger partial charge >= 0.3 is 0 Å². The van der Waals surface area contributed by atoms with Gasteiger partial charge in [0.25, 0.3) is 5.91 Å². The minimum atomic E-state index is -0.253. The molecule has 7 nitrogen and oxygen atoms in total. The summed E-state index contributed by atoms with van der Waals surface area (Å²) in [6.07, 6.45) is 4.22. The van der Waals surface area contributed by atoms with Crippen molar-refractivity contribution in [2.45, 2.75) is 25.4 Å². The zero-order valence-electron chi connectivity index (χ0n) is 16.0. The Morgan fingerprint density at radius 1 is 1.00 bits per heavy atom. The summed E-state index contributed by atoms with van der Waals surface area (Å²) in [4.78, 5) is 33.3. The molecule has 1 aromatic carbocycles. The van der Waals surface area contributed by atoms with E-state index >= 15 is 0 Å². The minimum Gasteiger partial charge on any atom is -0.338 e. The Morgan fingerprint density at radius 2 is 1.71 bits per heavy atom. The van der Waals surface area contributed by atoms with Crippen LogP contribution in [0.3, 0.4) is 0 Å². The van der Waals surface area contributed by atoms with Gasteiger partial charge in [0.05, 0.1) is 0 Å². The largest absolute Gasteiger partial charge is 0.338 e. The van der Waals surface area contributed by atoms with Crippen LogP contribution in [-0.4, -0.2) is 58.8 Å². The minimum absolute atomic E-state index is 0.0363. The van der Waals surface area contributed by atoms with E-state index in [0.29, 0.717) is 38.2 Å². The summed E-state index contributed by atoms with van der Waals surface area (Å²) in [7, 11) is 0. The zero-order valence-corrected chi connectivity index (χ0v) is 16.0. The Labute approximate surface area is 164 Å². The molecule has 0 spiro atoms. The summed E-state index contributed by atoms with van der Waals surface area (Å²) in [5.41, 5.74) is 9.23. The first-order valence-corrected chi connectivity index (χ1v) is 9.67. The van der Waals surface area contributed by atoms with Gasteiger partial charge in [-0.05, 0) is 43.2 Å². The van der Waals surface area contributed by atoms with Gasteiger partial charge in [0.2, 0.25) is 5.91 Å². The maximum absolute atomic E-state index is 12.9. The Balaban J connectivity index is 1.31. The molecule has 2 aliphatic heterocycles. The maximum Gasteiger partial charge on any atom is 0.253 e. The lowest BCUT2D eigenvalue weighted by Gasteiger charge is -2.36. The molecule has 2 aliphatic rings. The van der Waals surface area contributed by atoms with E-state index < -0.39 is 0 Å². The van der Waals surface area contributed by atoms with Crippen LogP contribution in [0, 0.1) is 6.92 Å². The monoisotopic (exact) mass is 379 g/mol. The molecule has 2 aromatic rings. The summed E-state index contributed by atoms with van der Waals surface area (Å²) in [5.74, 6) is 0.126. The van der Waals surface area contributed by atoms with Crippen LogP contribution in [0.5, 0.6) is 0 Å². The number of hydrazine groups is 1. The second-order valence-electron chi connectivity index (χ2n) is 7.40. The number of hydrogen-bond acceptors (Lipinski definition) is 5. The molecule has 3 heterocycles. The Bertz CT molecular complexity index is 849. The standard InChI is InChI=1S/C21H25N5O2/c1-15-3-2-4-17(13-15)20(27)25-9-11-26(12-10-25)21(28)19-14-18(23-24-19)16-5-7-22-8-6-16/h2-8,13,18-19,23-24H,9-12,14H2,1H3. The third kappa shape index (κ3) is 3.90. The molecule has 28 heavy (non-hydrogen) atoms. The van der Waals surface area contributed by atoms with Crippen LogP contribution in [-0.2, 0) is 4.79 Å². The second kappa shape index (κ2) is 8.08. The molecule has 0 aliphatic carbocycles. The van der Waals surface area contributed by atoms with Crippen LogP contribution in [0.1, 0.15) is 33.9 Å². The Morgan fingerprint density at radius 3 is 2.43 bits per heavy atom. The van der Waals surface area contributed by atoms with Crippen LogP contribution in [0.4, 0.5) is 0 Å². The maximum atomic E-state index is 12.9. The molecule has 2 amide bonds. The lowest BCUT2D eigenvalue weighted by atomic mass is 10.0. The number of pyridine rings is 1. The quantitative estimate of drug-likeness (QED) is 0.840. The molecule has 0 radical (unpaired) electrons. The number of piperazine rings is 1. The van der Waals surface area contributed by atoms with Crippen molar-refractivity contribution in [1.29, 1.82) is 0 Å². The lowest BCUT2D eigenvalue weighted by Crippen LogP contribution is -2.54. The van der Waals surface area contributed by atoms with E-state index in [4.69, 9.17) is 0 Å². The van der Waals surface area contributed by atoms with E-state index in [1.165, 1.54) is 0 Å². The van der Waals surface area contributed by atoms with Gasteiger partial charge in [-0.3, -0.25) is 14.6 Å². The lowest BCUT2D eigenvalue weighted by molar-refractivity contribution is -0.134. The van der Waals surface area contributed by atoms with Crippen LogP contribution in [0.25, 0.3) is 0 Å². The van der Waals surface area contributed by atoms with Gasteiger partial charge in [-0.1, -0.05) is 17.7 Å². The van der Waals surface area contributed by atoms with Gasteiger partial charge in [0.15, 0.2) is 0 Å². The van der Waals surface area contributed by atoms with Crippen molar-refractivity contribution in [2.75, 3.05) is 26.2 Å². The zero-order chi connectivity index (χ0) is 19.5. The molecule has 2 unspecified atom stereocenters. The molecule has 1 aromatic heterocycles. The highest BCUT2D eigenvalue weighted by Crippen LogP contribution is 2.23. The molecule has 2 atom stereocenters. The van der Waals surface area contributed by atoms with Crippen LogP contribution in [0.2, 0.25) is 0 Å². The molecular weight excluding hydrogens is 354 g/mol. The van der Waals surface area contributed by atoms with E-state index in [0.717, 1.165) is 11.1 Å². The van der Waals surface area contributed by atoms with Crippen LogP contribution >= 0.6 is 0 Å². The molecule has 146 valence electrons. The first kappa shape index (κ1) is 18.6. The third-order valence-corrected chi connectivity index (χ3v) is 5.45. The Hall–Kier alpha value is -2.77. The number of hydrogen-bond donors (Lipinski definition) is 2. The molecule has 2 fully saturated rings. The average Bonchev–Trinajstić information content (AvgIpc) is 3.24. The average molecular weight is 379 g/mol. The van der Waals surface area contributed by atoms with Crippen molar-refractivity contribution >= 4 is 11.8 Å². The van der Waals surface area contributed by atoms with Crippen molar-refractivity contribution in [2.24, 2.45) is 0 Å². The Kier molecular flexibility index (Phi) is 5.36. The van der Waals surface area contributed by atoms with Gasteiger partial charge in [-0.15, -0.1) is 0 Å². The molecule has 2 saturated heterocycles. The van der Waals surface area contributed by atoms with Gasteiger partial charge < -0.3 is 9.80 Å². The molecule has 2 N–H and O–H groups in total. The van der Waals surface area contributed by atoms with E-state index in [-0.39, 0.29) is 23.9 Å². The number of aryl methyl sites for hydroxylation is 1. The number of aromatic nitrogens is 1. The summed E-state index contributed by atoms with van der Waals surface area (Å²) in [6, 6.07) is 11.4. The van der Waals surface area contributed by atoms with Crippen molar-refractivity contribution in [3.8, 4) is 0 Å². The van der Waals surface area contributed by atoms with Crippen molar-refractivity contribution in [3.63, 3.8) is 0 Å². The number of rotatable bonds is 3. The van der Waals surface area contributed by atoms with E-state index in [9.17, 15) is 9.59 Å². The second-order valence-corrected chi connectivity index (χ2v) is 7.40. The van der Waals surface area contributed by atoms with Crippen LogP contribution < -0.4 is 10.9 Å². The first-order chi connectivity index (χ1) is 13.6.